The third kappa shape index (κ3) is 3.37. The maximum absolute atomic E-state index is 13.8. The number of ether oxygens (including phenoxy) is 1. The quantitative estimate of drug-likeness (QED) is 0.814. The molecule has 0 aromatic heterocycles. The molecule has 1 saturated heterocycles. The molecule has 2 aliphatic heterocycles. The van der Waals surface area contributed by atoms with E-state index >= 15 is 0 Å². The summed E-state index contributed by atoms with van der Waals surface area (Å²) in [6.07, 6.45) is 0.794. The highest BCUT2D eigenvalue weighted by Crippen LogP contribution is 2.26. The molecule has 2 aliphatic rings. The number of hydrogen-bond donors (Lipinski definition) is 0. The van der Waals surface area contributed by atoms with Gasteiger partial charge in [-0.2, -0.15) is 0 Å². The van der Waals surface area contributed by atoms with Crippen LogP contribution in [-0.4, -0.2) is 54.4 Å². The maximum Gasteiger partial charge on any atom is 0.256 e. The van der Waals surface area contributed by atoms with Gasteiger partial charge in [-0.05, 0) is 35.9 Å². The highest BCUT2D eigenvalue weighted by molar-refractivity contribution is 5.96. The Kier molecular flexibility index (Phi) is 4.51. The Hall–Kier alpha value is -2.96. The molecule has 0 unspecified atom stereocenters. The van der Waals surface area contributed by atoms with Crippen molar-refractivity contribution in [3.63, 3.8) is 0 Å². The minimum absolute atomic E-state index is 0.0928. The van der Waals surface area contributed by atoms with Crippen LogP contribution in [0.5, 0.6) is 5.75 Å². The highest BCUT2D eigenvalue weighted by Gasteiger charge is 2.27. The van der Waals surface area contributed by atoms with Gasteiger partial charge < -0.3 is 14.5 Å². The molecule has 5 nitrogen and oxygen atoms in total. The Bertz CT molecular complexity index is 908. The lowest BCUT2D eigenvalue weighted by Gasteiger charge is -2.35. The second-order valence-corrected chi connectivity index (χ2v) is 6.63. The highest BCUT2D eigenvalue weighted by atomic mass is 19.1. The van der Waals surface area contributed by atoms with Crippen LogP contribution in [0.3, 0.4) is 0 Å². The van der Waals surface area contributed by atoms with Gasteiger partial charge in [0.05, 0.1) is 12.2 Å². The fraction of sp³-hybridized carbons (Fsp3) is 0.300. The predicted octanol–water partition coefficient (Wildman–Crippen LogP) is 2.50. The molecular weight excluding hydrogens is 354 g/mol. The van der Waals surface area contributed by atoms with Crippen molar-refractivity contribution in [2.24, 2.45) is 0 Å². The van der Waals surface area contributed by atoms with E-state index in [1.54, 1.807) is 11.0 Å². The van der Waals surface area contributed by atoms with E-state index in [0.717, 1.165) is 29.9 Å². The average Bonchev–Trinajstić information content (AvgIpc) is 3.15. The molecular formula is C20H18F2N2O3. The van der Waals surface area contributed by atoms with Crippen molar-refractivity contribution in [1.82, 2.24) is 9.80 Å². The molecule has 0 spiro atoms. The van der Waals surface area contributed by atoms with E-state index in [9.17, 15) is 18.4 Å². The Morgan fingerprint density at radius 3 is 2.30 bits per heavy atom. The summed E-state index contributed by atoms with van der Waals surface area (Å²) in [7, 11) is 0. The molecule has 0 bridgehead atoms. The van der Waals surface area contributed by atoms with Crippen molar-refractivity contribution >= 4 is 11.8 Å². The molecule has 2 heterocycles. The molecule has 0 N–H and O–H groups in total. The van der Waals surface area contributed by atoms with Crippen LogP contribution in [0.2, 0.25) is 0 Å². The van der Waals surface area contributed by atoms with Crippen molar-refractivity contribution in [3.05, 3.63) is 64.7 Å². The number of benzene rings is 2. The summed E-state index contributed by atoms with van der Waals surface area (Å²) in [5.41, 5.74) is 1.47. The van der Waals surface area contributed by atoms with Crippen LogP contribution in [0.1, 0.15) is 26.3 Å². The minimum atomic E-state index is -0.876. The Balaban J connectivity index is 1.41. The number of carbonyl (C=O) groups is 2. The van der Waals surface area contributed by atoms with Crippen LogP contribution in [-0.2, 0) is 6.42 Å². The van der Waals surface area contributed by atoms with Crippen LogP contribution < -0.4 is 4.74 Å². The fourth-order valence-electron chi connectivity index (χ4n) is 3.45. The van der Waals surface area contributed by atoms with Crippen LogP contribution in [0.4, 0.5) is 8.78 Å². The van der Waals surface area contributed by atoms with Crippen molar-refractivity contribution in [2.75, 3.05) is 32.8 Å². The zero-order valence-corrected chi connectivity index (χ0v) is 14.6. The van der Waals surface area contributed by atoms with Crippen molar-refractivity contribution in [2.45, 2.75) is 6.42 Å². The molecule has 7 heteroatoms. The van der Waals surface area contributed by atoms with Crippen molar-refractivity contribution in [1.29, 1.82) is 0 Å². The van der Waals surface area contributed by atoms with Gasteiger partial charge >= 0.3 is 0 Å². The summed E-state index contributed by atoms with van der Waals surface area (Å²) < 4.78 is 32.3. The SMILES string of the molecule is O=C(c1ccc2c(c1)CCO2)N1CCN(C(=O)c2ccc(F)cc2F)CC1. The summed E-state index contributed by atoms with van der Waals surface area (Å²) >= 11 is 0. The van der Waals surface area contributed by atoms with Gasteiger partial charge in [-0.25, -0.2) is 8.78 Å². The van der Waals surface area contributed by atoms with E-state index in [4.69, 9.17) is 4.74 Å². The molecule has 2 aromatic rings. The van der Waals surface area contributed by atoms with Gasteiger partial charge in [0.25, 0.3) is 11.8 Å². The van der Waals surface area contributed by atoms with Gasteiger partial charge in [-0.3, -0.25) is 9.59 Å². The van der Waals surface area contributed by atoms with E-state index in [1.807, 2.05) is 12.1 Å². The minimum Gasteiger partial charge on any atom is -0.493 e. The third-order valence-corrected chi connectivity index (χ3v) is 4.95. The lowest BCUT2D eigenvalue weighted by molar-refractivity contribution is 0.0532. The standard InChI is InChI=1S/C20H18F2N2O3/c21-15-2-3-16(17(22)12-15)20(26)24-8-6-23(7-9-24)19(25)14-1-4-18-13(11-14)5-10-27-18/h1-4,11-12H,5-10H2. The molecule has 140 valence electrons. The third-order valence-electron chi connectivity index (χ3n) is 4.95. The Morgan fingerprint density at radius 1 is 0.889 bits per heavy atom. The van der Waals surface area contributed by atoms with Crippen molar-refractivity contribution in [3.8, 4) is 5.75 Å². The second-order valence-electron chi connectivity index (χ2n) is 6.63. The molecule has 0 radical (unpaired) electrons. The number of piperazine rings is 1. The van der Waals surface area contributed by atoms with Gasteiger partial charge in [-0.15, -0.1) is 0 Å². The number of halogens is 2. The molecule has 2 aromatic carbocycles. The topological polar surface area (TPSA) is 49.9 Å². The number of carbonyl (C=O) groups excluding carboxylic acids is 2. The molecule has 4 rings (SSSR count). The number of fused-ring (bicyclic) bond motifs is 1. The molecule has 27 heavy (non-hydrogen) atoms. The molecule has 0 atom stereocenters. The number of rotatable bonds is 2. The van der Waals surface area contributed by atoms with Crippen molar-refractivity contribution < 1.29 is 23.1 Å². The molecule has 0 saturated carbocycles. The van der Waals surface area contributed by atoms with E-state index < -0.39 is 17.5 Å². The molecule has 2 amide bonds. The summed E-state index contributed by atoms with van der Waals surface area (Å²) in [5, 5.41) is 0. The summed E-state index contributed by atoms with van der Waals surface area (Å²) in [6.45, 7) is 1.96. The molecule has 0 aliphatic carbocycles. The van der Waals surface area contributed by atoms with Gasteiger partial charge in [0.2, 0.25) is 0 Å². The second kappa shape index (κ2) is 6.98. The monoisotopic (exact) mass is 372 g/mol. The smallest absolute Gasteiger partial charge is 0.256 e. The van der Waals surface area contributed by atoms with Gasteiger partial charge in [-0.1, -0.05) is 0 Å². The van der Waals surface area contributed by atoms with Crippen LogP contribution in [0, 0.1) is 11.6 Å². The first-order valence-corrected chi connectivity index (χ1v) is 8.82. The average molecular weight is 372 g/mol. The lowest BCUT2D eigenvalue weighted by atomic mass is 10.1. The van der Waals surface area contributed by atoms with Crippen LogP contribution >= 0.6 is 0 Å². The first-order valence-electron chi connectivity index (χ1n) is 8.82. The predicted molar refractivity (Wildman–Crippen MR) is 93.8 cm³/mol. The van der Waals surface area contributed by atoms with Crippen LogP contribution in [0.15, 0.2) is 36.4 Å². The first kappa shape index (κ1) is 17.5. The fourth-order valence-corrected chi connectivity index (χ4v) is 3.45. The van der Waals surface area contributed by atoms with E-state index in [1.165, 1.54) is 4.90 Å². The normalized spacial score (nSPS) is 16.1. The van der Waals surface area contributed by atoms with Gasteiger partial charge in [0.1, 0.15) is 17.4 Å². The van der Waals surface area contributed by atoms with Gasteiger partial charge in [0, 0.05) is 44.2 Å². The van der Waals surface area contributed by atoms with E-state index in [0.29, 0.717) is 44.4 Å². The summed E-state index contributed by atoms with van der Waals surface area (Å²) in [4.78, 5) is 28.3. The number of hydrogen-bond acceptors (Lipinski definition) is 3. The van der Waals surface area contributed by atoms with E-state index in [-0.39, 0.29) is 11.5 Å². The Labute approximate surface area is 155 Å². The van der Waals surface area contributed by atoms with E-state index in [2.05, 4.69) is 0 Å². The molecule has 1 fully saturated rings. The first-order chi connectivity index (χ1) is 13.0. The lowest BCUT2D eigenvalue weighted by Crippen LogP contribution is -2.50. The summed E-state index contributed by atoms with van der Waals surface area (Å²) in [5.74, 6) is -1.36. The number of nitrogens with zero attached hydrogens (tertiary/aromatic N) is 2. The largest absolute Gasteiger partial charge is 0.493 e. The van der Waals surface area contributed by atoms with Crippen LogP contribution in [0.25, 0.3) is 0 Å². The Morgan fingerprint density at radius 2 is 1.59 bits per heavy atom. The maximum atomic E-state index is 13.8. The number of amides is 2. The zero-order chi connectivity index (χ0) is 19.0. The zero-order valence-electron chi connectivity index (χ0n) is 14.6. The van der Waals surface area contributed by atoms with Gasteiger partial charge in [0.15, 0.2) is 0 Å². The summed E-state index contributed by atoms with van der Waals surface area (Å²) in [6, 6.07) is 8.33.